The lowest BCUT2D eigenvalue weighted by Crippen LogP contribution is -2.37. The van der Waals surface area contributed by atoms with Gasteiger partial charge in [0.25, 0.3) is 5.56 Å². The van der Waals surface area contributed by atoms with E-state index in [2.05, 4.69) is 33.6 Å². The zero-order valence-electron chi connectivity index (χ0n) is 23.7. The Morgan fingerprint density at radius 2 is 1.95 bits per heavy atom. The minimum atomic E-state index is -4.33. The molecule has 1 saturated heterocycles. The van der Waals surface area contributed by atoms with Gasteiger partial charge >= 0.3 is 19.4 Å². The van der Waals surface area contributed by atoms with E-state index in [1.165, 1.54) is 32.4 Å². The number of carbonyl (C=O) groups is 1. The number of esters is 1. The number of aromatic amines is 1. The molecular weight excluding hydrogens is 555 g/mol. The molecule has 0 amide bonds. The molecule has 5 atom stereocenters. The van der Waals surface area contributed by atoms with E-state index in [1.807, 2.05) is 6.08 Å². The molecule has 41 heavy (non-hydrogen) atoms. The number of aliphatic hydroxyl groups excluding tert-OH is 1. The molecule has 226 valence electrons. The van der Waals surface area contributed by atoms with E-state index in [4.69, 9.17) is 13.8 Å². The quantitative estimate of drug-likeness (QED) is 0.205. The van der Waals surface area contributed by atoms with Crippen molar-refractivity contribution in [2.45, 2.75) is 64.7 Å². The molecule has 13 nitrogen and oxygen atoms in total. The molecule has 2 heterocycles. The zero-order chi connectivity index (χ0) is 30.0. The van der Waals surface area contributed by atoms with E-state index in [9.17, 15) is 24.1 Å². The van der Waals surface area contributed by atoms with Gasteiger partial charge in [-0.2, -0.15) is 5.09 Å². The molecule has 1 aliphatic heterocycles. The van der Waals surface area contributed by atoms with Crippen molar-refractivity contribution in [2.75, 3.05) is 26.7 Å². The topological polar surface area (TPSA) is 161 Å². The fourth-order valence-corrected chi connectivity index (χ4v) is 5.88. The largest absolute Gasteiger partial charge is 0.468 e. The molecule has 14 heteroatoms. The Kier molecular flexibility index (Phi) is 12.1. The van der Waals surface area contributed by atoms with Gasteiger partial charge in [0.05, 0.1) is 12.7 Å². The van der Waals surface area contributed by atoms with E-state index >= 15 is 0 Å². The van der Waals surface area contributed by atoms with Gasteiger partial charge in [-0.1, -0.05) is 44.2 Å². The summed E-state index contributed by atoms with van der Waals surface area (Å²) >= 11 is 0. The van der Waals surface area contributed by atoms with Crippen LogP contribution in [0.3, 0.4) is 0 Å². The number of nitrogens with zero attached hydrogens (tertiary/aromatic N) is 2. The van der Waals surface area contributed by atoms with Crippen LogP contribution >= 0.6 is 7.75 Å². The van der Waals surface area contributed by atoms with Crippen LogP contribution in [0.1, 0.15) is 51.8 Å². The predicted molar refractivity (Wildman–Crippen MR) is 152 cm³/mol. The van der Waals surface area contributed by atoms with E-state index in [0.717, 1.165) is 30.5 Å². The van der Waals surface area contributed by atoms with Gasteiger partial charge in [0.1, 0.15) is 24.1 Å². The summed E-state index contributed by atoms with van der Waals surface area (Å²) < 4.78 is 36.5. The molecule has 0 bridgehead atoms. The first-order valence-electron chi connectivity index (χ1n) is 13.6. The summed E-state index contributed by atoms with van der Waals surface area (Å²) in [6.07, 6.45) is 2.86. The third kappa shape index (κ3) is 9.22. The number of carbonyl (C=O) groups excluding carboxylic acids is 1. The van der Waals surface area contributed by atoms with Crippen molar-refractivity contribution >= 4 is 19.8 Å². The molecule has 3 rings (SSSR count). The molecule has 0 aliphatic carbocycles. The number of para-hydroxylation sites is 1. The Morgan fingerprint density at radius 1 is 1.27 bits per heavy atom. The van der Waals surface area contributed by atoms with E-state index < -0.39 is 49.6 Å². The number of nitrogens with one attached hydrogen (secondary N) is 2. The number of ether oxygens (including phenoxy) is 2. The average Bonchev–Trinajstić information content (AvgIpc) is 3.28. The highest BCUT2D eigenvalue weighted by atomic mass is 31.2. The van der Waals surface area contributed by atoms with Crippen LogP contribution in [-0.4, -0.2) is 70.7 Å². The maximum absolute atomic E-state index is 13.7. The molecule has 0 spiro atoms. The van der Waals surface area contributed by atoms with Crippen molar-refractivity contribution < 1.29 is 33.0 Å². The Balaban J connectivity index is 1.79. The van der Waals surface area contributed by atoms with Crippen LogP contribution in [0.4, 0.5) is 0 Å². The van der Waals surface area contributed by atoms with E-state index in [1.54, 1.807) is 24.3 Å². The molecular formula is C27H39N4O9P. The maximum Gasteiger partial charge on any atom is 0.461 e. The average molecular weight is 595 g/mol. The molecule has 1 aromatic carbocycles. The van der Waals surface area contributed by atoms with Crippen LogP contribution in [0.5, 0.6) is 5.75 Å². The van der Waals surface area contributed by atoms with Crippen molar-refractivity contribution in [1.29, 1.82) is 0 Å². The second kappa shape index (κ2) is 15.2. The van der Waals surface area contributed by atoms with Crippen LogP contribution in [0.2, 0.25) is 0 Å². The number of aliphatic hydroxyl groups is 1. The summed E-state index contributed by atoms with van der Waals surface area (Å²) in [4.78, 5) is 41.6. The molecule has 1 aliphatic rings. The molecule has 0 saturated carbocycles. The highest BCUT2D eigenvalue weighted by Crippen LogP contribution is 2.48. The summed E-state index contributed by atoms with van der Waals surface area (Å²) in [6, 6.07) is 7.02. The van der Waals surface area contributed by atoms with Crippen molar-refractivity contribution in [3.8, 4) is 5.75 Å². The van der Waals surface area contributed by atoms with E-state index in [-0.39, 0.29) is 17.7 Å². The normalized spacial score (nSPS) is 21.2. The molecule has 0 radical (unpaired) electrons. The number of methoxy groups -OCH3 is 1. The van der Waals surface area contributed by atoms with E-state index in [0.29, 0.717) is 6.54 Å². The van der Waals surface area contributed by atoms with Gasteiger partial charge < -0.3 is 19.1 Å². The number of benzene rings is 1. The Bertz CT molecular complexity index is 1320. The second-order valence-corrected chi connectivity index (χ2v) is 11.2. The van der Waals surface area contributed by atoms with Gasteiger partial charge in [0.15, 0.2) is 6.29 Å². The lowest BCUT2D eigenvalue weighted by molar-refractivity contribution is -0.143. The monoisotopic (exact) mass is 594 g/mol. The number of hydrogen-bond donors (Lipinski definition) is 3. The van der Waals surface area contributed by atoms with Gasteiger partial charge in [0.2, 0.25) is 0 Å². The Labute approximate surface area is 238 Å². The fraction of sp³-hybridized carbons (Fsp3) is 0.519. The Morgan fingerprint density at radius 3 is 2.59 bits per heavy atom. The van der Waals surface area contributed by atoms with Crippen molar-refractivity contribution in [2.24, 2.45) is 0 Å². The maximum atomic E-state index is 13.7. The summed E-state index contributed by atoms with van der Waals surface area (Å²) in [6.45, 7) is 8.10. The molecule has 1 aromatic heterocycles. The van der Waals surface area contributed by atoms with Crippen molar-refractivity contribution in [3.63, 3.8) is 0 Å². The van der Waals surface area contributed by atoms with Crippen LogP contribution in [0.25, 0.3) is 6.08 Å². The predicted octanol–water partition coefficient (Wildman–Crippen LogP) is 2.63. The lowest BCUT2D eigenvalue weighted by Gasteiger charge is -2.26. The molecule has 4 unspecified atom stereocenters. The fourth-order valence-electron chi connectivity index (χ4n) is 4.28. The zero-order valence-corrected chi connectivity index (χ0v) is 24.6. The minimum absolute atomic E-state index is 0.113. The summed E-state index contributed by atoms with van der Waals surface area (Å²) in [7, 11) is -3.15. The number of hydrogen-bond acceptors (Lipinski definition) is 10. The number of H-pyrrole nitrogens is 1. The highest BCUT2D eigenvalue weighted by molar-refractivity contribution is 7.52. The van der Waals surface area contributed by atoms with Gasteiger partial charge in [-0.25, -0.2) is 9.36 Å². The summed E-state index contributed by atoms with van der Waals surface area (Å²) in [5.41, 5.74) is -1.08. The smallest absolute Gasteiger partial charge is 0.461 e. The van der Waals surface area contributed by atoms with Crippen LogP contribution < -0.4 is 20.9 Å². The van der Waals surface area contributed by atoms with Crippen LogP contribution in [0, 0.1) is 0 Å². The molecule has 1 fully saturated rings. The van der Waals surface area contributed by atoms with Gasteiger partial charge in [-0.05, 0) is 45.0 Å². The van der Waals surface area contributed by atoms with Crippen LogP contribution in [0.15, 0.2) is 52.2 Å². The first kappa shape index (κ1) is 32.5. The standard InChI is InChI=1S/C27H39N4O9P/c1-5-14-30(15-6-2)16-10-11-20-18-31(27(35)28-24(20)33)23-17-22(32)26(38-23)40-41(36,29-19(3)25(34)37-4)39-21-12-8-7-9-13-21/h7-13,18-19,22-23,26,32H,5-6,14-17H2,1-4H3,(H,29,36)(H,28,33,35)/b11-10+/t19-,22?,23?,26?,41?/m0/s1. The SMILES string of the molecule is CCCN(C/C=C/c1cn(C2CC(O)C(OP(=O)(N[C@@H](C)C(=O)OC)Oc3ccccc3)O2)c(=O)[nH]c1=O)CCC. The minimum Gasteiger partial charge on any atom is -0.468 e. The van der Waals surface area contributed by atoms with Gasteiger partial charge in [0, 0.05) is 19.2 Å². The molecule has 2 aromatic rings. The first-order chi connectivity index (χ1) is 19.6. The third-order valence-corrected chi connectivity index (χ3v) is 7.85. The molecule has 3 N–H and O–H groups in total. The lowest BCUT2D eigenvalue weighted by atomic mass is 10.2. The van der Waals surface area contributed by atoms with Gasteiger partial charge in [-0.3, -0.25) is 28.6 Å². The first-order valence-corrected chi connectivity index (χ1v) is 15.1. The second-order valence-electron chi connectivity index (χ2n) is 9.60. The van der Waals surface area contributed by atoms with Crippen LogP contribution in [-0.2, 0) is 23.4 Å². The van der Waals surface area contributed by atoms with Gasteiger partial charge in [-0.15, -0.1) is 0 Å². The highest BCUT2D eigenvalue weighted by Gasteiger charge is 2.43. The third-order valence-electron chi connectivity index (χ3n) is 6.21. The summed E-state index contributed by atoms with van der Waals surface area (Å²) in [5, 5.41) is 13.2. The Hall–Kier alpha value is -3.06. The number of rotatable bonds is 15. The summed E-state index contributed by atoms with van der Waals surface area (Å²) in [5.74, 6) is -0.543. The number of aromatic nitrogens is 2. The van der Waals surface area contributed by atoms with Crippen molar-refractivity contribution in [3.05, 3.63) is 69.0 Å². The van der Waals surface area contributed by atoms with Crippen molar-refractivity contribution in [1.82, 2.24) is 19.5 Å².